The van der Waals surface area contributed by atoms with Crippen LogP contribution in [-0.4, -0.2) is 9.97 Å². The molecule has 0 radical (unpaired) electrons. The van der Waals surface area contributed by atoms with Crippen LogP contribution < -0.4 is 4.72 Å². The molecule has 0 amide bonds. The fourth-order valence-electron chi connectivity index (χ4n) is 1.20. The predicted molar refractivity (Wildman–Crippen MR) is 68.0 cm³/mol. The Kier molecular flexibility index (Phi) is 4.16. The molecule has 100 valence electrons. The molecule has 0 aromatic carbocycles. The van der Waals surface area contributed by atoms with Gasteiger partial charge in [0.25, 0.3) is 0 Å². The van der Waals surface area contributed by atoms with Crippen molar-refractivity contribution < 1.29 is 13.2 Å². The summed E-state index contributed by atoms with van der Waals surface area (Å²) in [5.74, 6) is 0. The van der Waals surface area contributed by atoms with Crippen LogP contribution in [0.25, 0.3) is 0 Å². The van der Waals surface area contributed by atoms with Gasteiger partial charge in [0, 0.05) is 23.5 Å². The van der Waals surface area contributed by atoms with Crippen molar-refractivity contribution in [3.8, 4) is 0 Å². The van der Waals surface area contributed by atoms with Gasteiger partial charge in [-0.25, -0.2) is 4.98 Å². The van der Waals surface area contributed by atoms with Crippen LogP contribution in [0.2, 0.25) is 5.15 Å². The summed E-state index contributed by atoms with van der Waals surface area (Å²) in [6.45, 7) is 0. The van der Waals surface area contributed by atoms with E-state index in [1.165, 1.54) is 0 Å². The average molecular weight is 306 g/mol. The third-order valence-corrected chi connectivity index (χ3v) is 3.18. The Labute approximate surface area is 116 Å². The maximum atomic E-state index is 12.5. The Morgan fingerprint density at radius 2 is 2.05 bits per heavy atom. The summed E-state index contributed by atoms with van der Waals surface area (Å²) in [6, 6.07) is 4.40. The average Bonchev–Trinajstić information content (AvgIpc) is 2.37. The molecule has 1 N–H and O–H groups in total. The minimum atomic E-state index is -4.45. The van der Waals surface area contributed by atoms with Gasteiger partial charge in [-0.1, -0.05) is 11.6 Å². The topological polar surface area (TPSA) is 37.8 Å². The zero-order chi connectivity index (χ0) is 13.9. The molecule has 0 saturated carbocycles. The van der Waals surface area contributed by atoms with Crippen molar-refractivity contribution in [1.29, 1.82) is 0 Å². The minimum absolute atomic E-state index is 0.0237. The number of nitrogens with zero attached hydrogens (tertiary/aromatic N) is 2. The lowest BCUT2D eigenvalue weighted by molar-refractivity contribution is -0.137. The molecular formula is C11H7ClF3N3S. The van der Waals surface area contributed by atoms with Crippen LogP contribution in [0, 0.1) is 0 Å². The van der Waals surface area contributed by atoms with Gasteiger partial charge in [-0.2, -0.15) is 13.2 Å². The number of halogens is 4. The second-order valence-corrected chi connectivity index (χ2v) is 4.69. The molecule has 0 fully saturated rings. The molecule has 0 aliphatic carbocycles. The van der Waals surface area contributed by atoms with E-state index >= 15 is 0 Å². The maximum Gasteiger partial charge on any atom is 0.417 e. The molecule has 8 heteroatoms. The molecule has 0 saturated heterocycles. The van der Waals surface area contributed by atoms with Crippen molar-refractivity contribution in [2.75, 3.05) is 4.72 Å². The number of aromatic nitrogens is 2. The highest BCUT2D eigenvalue weighted by Crippen LogP contribution is 2.33. The fourth-order valence-corrected chi connectivity index (χ4v) is 2.05. The SMILES string of the molecule is FC(F)(F)c1cnc(Cl)c(NSc2cccnc2)c1. The summed E-state index contributed by atoms with van der Waals surface area (Å²) in [7, 11) is 0. The van der Waals surface area contributed by atoms with Crippen molar-refractivity contribution in [1.82, 2.24) is 9.97 Å². The lowest BCUT2D eigenvalue weighted by Crippen LogP contribution is -2.06. The number of anilines is 1. The summed E-state index contributed by atoms with van der Waals surface area (Å²) in [5, 5.41) is -0.0237. The van der Waals surface area contributed by atoms with Gasteiger partial charge in [0.1, 0.15) is 0 Å². The van der Waals surface area contributed by atoms with Crippen LogP contribution in [-0.2, 0) is 6.18 Å². The third kappa shape index (κ3) is 3.74. The number of pyridine rings is 2. The van der Waals surface area contributed by atoms with E-state index in [4.69, 9.17) is 11.6 Å². The van der Waals surface area contributed by atoms with Crippen LogP contribution in [0.1, 0.15) is 5.56 Å². The molecule has 2 aromatic heterocycles. The first-order valence-corrected chi connectivity index (χ1v) is 6.22. The monoisotopic (exact) mass is 305 g/mol. The first kappa shape index (κ1) is 14.0. The predicted octanol–water partition coefficient (Wildman–Crippen LogP) is 4.27. The van der Waals surface area contributed by atoms with Gasteiger partial charge in [0.05, 0.1) is 11.3 Å². The van der Waals surface area contributed by atoms with Crippen LogP contribution in [0.5, 0.6) is 0 Å². The smallest absolute Gasteiger partial charge is 0.323 e. The van der Waals surface area contributed by atoms with Crippen molar-refractivity contribution in [2.45, 2.75) is 11.1 Å². The van der Waals surface area contributed by atoms with Crippen LogP contribution in [0.3, 0.4) is 0 Å². The molecule has 0 atom stereocenters. The molecule has 2 heterocycles. The first-order chi connectivity index (χ1) is 8.97. The summed E-state index contributed by atoms with van der Waals surface area (Å²) in [6.07, 6.45) is -0.579. The van der Waals surface area contributed by atoms with Crippen molar-refractivity contribution in [2.24, 2.45) is 0 Å². The van der Waals surface area contributed by atoms with Gasteiger partial charge in [-0.15, -0.1) is 0 Å². The van der Waals surface area contributed by atoms with E-state index in [-0.39, 0.29) is 10.8 Å². The quantitative estimate of drug-likeness (QED) is 0.679. The molecule has 0 aliphatic heterocycles. The molecule has 19 heavy (non-hydrogen) atoms. The largest absolute Gasteiger partial charge is 0.417 e. The van der Waals surface area contributed by atoms with E-state index in [0.29, 0.717) is 6.20 Å². The number of rotatable bonds is 3. The molecule has 0 spiro atoms. The molecule has 0 bridgehead atoms. The molecular weight excluding hydrogens is 299 g/mol. The van der Waals surface area contributed by atoms with Gasteiger partial charge < -0.3 is 4.72 Å². The Bertz CT molecular complexity index is 563. The van der Waals surface area contributed by atoms with Gasteiger partial charge in [0.15, 0.2) is 5.15 Å². The number of hydrogen-bond donors (Lipinski definition) is 1. The molecule has 3 nitrogen and oxygen atoms in total. The van der Waals surface area contributed by atoms with Gasteiger partial charge in [0.2, 0.25) is 0 Å². The molecule has 2 rings (SSSR count). The maximum absolute atomic E-state index is 12.5. The number of nitrogens with one attached hydrogen (secondary N) is 1. The van der Waals surface area contributed by atoms with Crippen LogP contribution in [0.15, 0.2) is 41.7 Å². The zero-order valence-electron chi connectivity index (χ0n) is 9.28. The highest BCUT2D eigenvalue weighted by atomic mass is 35.5. The summed E-state index contributed by atoms with van der Waals surface area (Å²) in [5.41, 5.74) is -0.753. The lowest BCUT2D eigenvalue weighted by Gasteiger charge is -2.10. The Balaban J connectivity index is 2.16. The van der Waals surface area contributed by atoms with Gasteiger partial charge in [-0.3, -0.25) is 4.98 Å². The minimum Gasteiger partial charge on any atom is -0.323 e. The van der Waals surface area contributed by atoms with E-state index in [1.54, 1.807) is 24.5 Å². The van der Waals surface area contributed by atoms with Crippen molar-refractivity contribution in [3.05, 3.63) is 47.5 Å². The molecule has 0 aliphatic rings. The summed E-state index contributed by atoms with van der Waals surface area (Å²) in [4.78, 5) is 8.14. The van der Waals surface area contributed by atoms with Crippen molar-refractivity contribution in [3.63, 3.8) is 0 Å². The third-order valence-electron chi connectivity index (χ3n) is 2.08. The summed E-state index contributed by atoms with van der Waals surface area (Å²) < 4.78 is 40.3. The Morgan fingerprint density at radius 1 is 1.26 bits per heavy atom. The van der Waals surface area contributed by atoms with Crippen molar-refractivity contribution >= 4 is 29.2 Å². The first-order valence-electron chi connectivity index (χ1n) is 5.02. The molecule has 2 aromatic rings. The Morgan fingerprint density at radius 3 is 2.68 bits per heavy atom. The van der Waals surface area contributed by atoms with E-state index in [9.17, 15) is 13.2 Å². The number of alkyl halides is 3. The van der Waals surface area contributed by atoms with E-state index in [0.717, 1.165) is 22.9 Å². The van der Waals surface area contributed by atoms with Crippen LogP contribution >= 0.6 is 23.5 Å². The second kappa shape index (κ2) is 5.66. The summed E-state index contributed by atoms with van der Waals surface area (Å²) >= 11 is 6.85. The van der Waals surface area contributed by atoms with E-state index in [2.05, 4.69) is 14.7 Å². The van der Waals surface area contributed by atoms with E-state index in [1.807, 2.05) is 0 Å². The van der Waals surface area contributed by atoms with Gasteiger partial charge >= 0.3 is 6.18 Å². The number of hydrogen-bond acceptors (Lipinski definition) is 4. The normalized spacial score (nSPS) is 11.4. The standard InChI is InChI=1S/C11H7ClF3N3S/c12-10-9(4-7(5-17-10)11(13,14)15)18-19-8-2-1-3-16-6-8/h1-6,18H. The van der Waals surface area contributed by atoms with Gasteiger partial charge in [-0.05, 0) is 30.1 Å². The second-order valence-electron chi connectivity index (χ2n) is 3.45. The van der Waals surface area contributed by atoms with Crippen LogP contribution in [0.4, 0.5) is 18.9 Å². The fraction of sp³-hybridized carbons (Fsp3) is 0.0909. The van der Waals surface area contributed by atoms with E-state index < -0.39 is 11.7 Å². The Hall–Kier alpha value is -1.47. The lowest BCUT2D eigenvalue weighted by atomic mass is 10.2. The highest BCUT2D eigenvalue weighted by molar-refractivity contribution is 8.00. The molecule has 0 unspecified atom stereocenters. The zero-order valence-corrected chi connectivity index (χ0v) is 10.9. The highest BCUT2D eigenvalue weighted by Gasteiger charge is 2.31.